The zero-order valence-corrected chi connectivity index (χ0v) is 16.5. The monoisotopic (exact) mass is 440 g/mol. The molecule has 0 aliphatic carbocycles. The van der Waals surface area contributed by atoms with E-state index in [-0.39, 0.29) is 51.0 Å². The summed E-state index contributed by atoms with van der Waals surface area (Å²) in [5.41, 5.74) is 14.8. The molecule has 130 valence electrons. The van der Waals surface area contributed by atoms with E-state index in [1.807, 2.05) is 48.5 Å². The Morgan fingerprint density at radius 3 is 1.20 bits per heavy atom. The first-order valence-corrected chi connectivity index (χ1v) is 8.75. The Morgan fingerprint density at radius 2 is 0.920 bits per heavy atom. The molecule has 0 atom stereocenters. The van der Waals surface area contributed by atoms with E-state index in [1.54, 1.807) is 0 Å². The van der Waals surface area contributed by atoms with Crippen molar-refractivity contribution in [3.8, 4) is 20.0 Å². The number of nitrogens with one attached hydrogen (secondary N) is 2. The molecule has 6 N–H and O–H groups in total. The van der Waals surface area contributed by atoms with Crippen molar-refractivity contribution < 1.29 is 0 Å². The topological polar surface area (TPSA) is 99.7 Å². The summed E-state index contributed by atoms with van der Waals surface area (Å²) in [5.74, 6) is 0.179. The van der Waals surface area contributed by atoms with Crippen molar-refractivity contribution in [2.45, 2.75) is 0 Å². The molecule has 0 unspecified atom stereocenters. The second kappa shape index (κ2) is 8.88. The third-order valence-electron chi connectivity index (χ3n) is 3.57. The number of nitrogens with two attached hydrogens (primary N) is 2. The summed E-state index contributed by atoms with van der Waals surface area (Å²) in [6.45, 7) is 0. The zero-order chi connectivity index (χ0) is 16.4. The summed E-state index contributed by atoms with van der Waals surface area (Å²) in [6.07, 6.45) is 0. The van der Waals surface area contributed by atoms with Crippen LogP contribution in [0.3, 0.4) is 0 Å². The van der Waals surface area contributed by atoms with Gasteiger partial charge in [-0.3, -0.25) is 0 Å². The van der Waals surface area contributed by atoms with Gasteiger partial charge in [0, 0.05) is 0 Å². The van der Waals surface area contributed by atoms with Gasteiger partial charge in [0.15, 0.2) is 0 Å². The van der Waals surface area contributed by atoms with Crippen molar-refractivity contribution in [3.05, 3.63) is 71.8 Å². The molecule has 0 fully saturated rings. The molecule has 0 saturated heterocycles. The van der Waals surface area contributed by atoms with Crippen LogP contribution in [0.5, 0.6) is 0 Å². The summed E-state index contributed by atoms with van der Waals surface area (Å²) in [7, 11) is 0. The first-order valence-electron chi connectivity index (χ1n) is 7.04. The van der Waals surface area contributed by atoms with Gasteiger partial charge in [0.25, 0.3) is 0 Å². The second-order valence-corrected chi connectivity index (χ2v) is 7.42. The van der Waals surface area contributed by atoms with Crippen LogP contribution in [0.2, 0.25) is 0 Å². The molecule has 0 radical (unpaired) electrons. The van der Waals surface area contributed by atoms with Crippen molar-refractivity contribution in [2.75, 3.05) is 0 Å². The fraction of sp³-hybridized carbons (Fsp3) is 0. The average molecular weight is 440 g/mol. The Bertz CT molecular complexity index is 799. The van der Waals surface area contributed by atoms with Gasteiger partial charge in [-0.05, 0) is 0 Å². The van der Waals surface area contributed by atoms with Gasteiger partial charge in [0.1, 0.15) is 0 Å². The molecule has 0 aliphatic rings. The van der Waals surface area contributed by atoms with E-state index < -0.39 is 0 Å². The van der Waals surface area contributed by atoms with Gasteiger partial charge in [-0.25, -0.2) is 0 Å². The molecule has 3 rings (SSSR count). The van der Waals surface area contributed by atoms with E-state index in [4.69, 9.17) is 22.3 Å². The molecule has 0 saturated carbocycles. The predicted molar refractivity (Wildman–Crippen MR) is 111 cm³/mol. The van der Waals surface area contributed by atoms with Crippen LogP contribution in [-0.2, 0) is 0 Å². The maximum atomic E-state index is 7.44. The quantitative estimate of drug-likeness (QED) is 0.284. The van der Waals surface area contributed by atoms with Crippen LogP contribution in [0.1, 0.15) is 11.1 Å². The van der Waals surface area contributed by atoms with Crippen LogP contribution in [0.15, 0.2) is 60.7 Å². The molecule has 2 aromatic carbocycles. The number of amidine groups is 2. The molecule has 0 spiro atoms. The van der Waals surface area contributed by atoms with Crippen LogP contribution in [0.25, 0.3) is 20.0 Å². The SMILES string of the molecule is Cl.Cl.N=C(N)c1ccc(-c2ccc(-c3ccc(C(=N)N)cc3)[se]2)cc1. The zero-order valence-electron chi connectivity index (χ0n) is 13.2. The maximum absolute atomic E-state index is 7.44. The Kier molecular flexibility index (Phi) is 7.46. The number of nitrogen functional groups attached to an aromatic ring is 2. The molecular formula is C18H18Cl2N4Se. The number of hydrogen-bond donors (Lipinski definition) is 4. The molecule has 0 aliphatic heterocycles. The van der Waals surface area contributed by atoms with E-state index >= 15 is 0 Å². The average Bonchev–Trinajstić information content (AvgIpc) is 3.05. The molecule has 7 heteroatoms. The summed E-state index contributed by atoms with van der Waals surface area (Å²) in [5, 5.41) is 14.9. The van der Waals surface area contributed by atoms with Crippen molar-refractivity contribution in [3.63, 3.8) is 0 Å². The van der Waals surface area contributed by atoms with Crippen molar-refractivity contribution in [2.24, 2.45) is 11.5 Å². The van der Waals surface area contributed by atoms with Crippen LogP contribution in [0, 0.1) is 10.8 Å². The summed E-state index contributed by atoms with van der Waals surface area (Å²) in [4.78, 5) is 0. The fourth-order valence-corrected chi connectivity index (χ4v) is 4.41. The Balaban J connectivity index is 0.00000156. The van der Waals surface area contributed by atoms with Crippen molar-refractivity contribution >= 4 is 51.0 Å². The first kappa shape index (κ1) is 21.0. The minimum atomic E-state index is 0. The van der Waals surface area contributed by atoms with E-state index in [1.165, 1.54) is 20.0 Å². The van der Waals surface area contributed by atoms with E-state index in [0.717, 1.165) is 11.1 Å². The van der Waals surface area contributed by atoms with Crippen LogP contribution in [-0.4, -0.2) is 26.2 Å². The van der Waals surface area contributed by atoms with E-state index in [2.05, 4.69) is 12.1 Å². The van der Waals surface area contributed by atoms with Crippen molar-refractivity contribution in [1.29, 1.82) is 10.8 Å². The third kappa shape index (κ3) is 4.74. The molecule has 1 aromatic heterocycles. The minimum absolute atomic E-state index is 0. The van der Waals surface area contributed by atoms with Crippen LogP contribution in [0.4, 0.5) is 0 Å². The molecule has 25 heavy (non-hydrogen) atoms. The van der Waals surface area contributed by atoms with Gasteiger partial charge in [0.2, 0.25) is 0 Å². The number of halogens is 2. The van der Waals surface area contributed by atoms with Gasteiger partial charge in [-0.2, -0.15) is 0 Å². The number of rotatable bonds is 4. The van der Waals surface area contributed by atoms with Crippen molar-refractivity contribution in [1.82, 2.24) is 0 Å². The Morgan fingerprint density at radius 1 is 0.600 bits per heavy atom. The standard InChI is InChI=1S/C18H16N4Se.2ClH/c19-17(20)13-5-1-11(2-6-13)15-9-10-16(23-15)12-3-7-14(8-4-12)18(21)22;;/h1-10H,(H3,19,20)(H3,21,22);2*1H. The molecular weight excluding hydrogens is 422 g/mol. The number of benzene rings is 2. The van der Waals surface area contributed by atoms with Gasteiger partial charge in [0.05, 0.1) is 0 Å². The summed E-state index contributed by atoms with van der Waals surface area (Å²) in [6, 6.07) is 19.9. The molecule has 3 aromatic rings. The second-order valence-electron chi connectivity index (χ2n) is 5.15. The van der Waals surface area contributed by atoms with E-state index in [9.17, 15) is 0 Å². The molecule has 1 heterocycles. The molecule has 0 bridgehead atoms. The number of hydrogen-bond acceptors (Lipinski definition) is 2. The van der Waals surface area contributed by atoms with Crippen LogP contribution >= 0.6 is 24.8 Å². The van der Waals surface area contributed by atoms with Gasteiger partial charge in [-0.15, -0.1) is 24.8 Å². The normalized spacial score (nSPS) is 9.60. The third-order valence-corrected chi connectivity index (χ3v) is 6.05. The van der Waals surface area contributed by atoms with Gasteiger partial charge >= 0.3 is 140 Å². The first-order chi connectivity index (χ1) is 11.0. The fourth-order valence-electron chi connectivity index (χ4n) is 2.28. The Labute approximate surface area is 164 Å². The molecule has 4 nitrogen and oxygen atoms in total. The van der Waals surface area contributed by atoms with Crippen LogP contribution < -0.4 is 11.5 Å². The van der Waals surface area contributed by atoms with E-state index in [0.29, 0.717) is 0 Å². The summed E-state index contributed by atoms with van der Waals surface area (Å²) >= 11 is 0.232. The summed E-state index contributed by atoms with van der Waals surface area (Å²) < 4.78 is 2.61. The van der Waals surface area contributed by atoms with Gasteiger partial charge in [-0.1, -0.05) is 0 Å². The Hall–Kier alpha value is -2.04. The van der Waals surface area contributed by atoms with Gasteiger partial charge < -0.3 is 0 Å². The predicted octanol–water partition coefficient (Wildman–Crippen LogP) is 3.49. The molecule has 0 amide bonds.